The number of thioether (sulfide) groups is 1. The van der Waals surface area contributed by atoms with Crippen LogP contribution in [0.15, 0.2) is 5.16 Å². The Bertz CT molecular complexity index is 975. The van der Waals surface area contributed by atoms with Crippen molar-refractivity contribution in [1.29, 1.82) is 0 Å². The van der Waals surface area contributed by atoms with Gasteiger partial charge in [-0.25, -0.2) is 15.0 Å². The Morgan fingerprint density at radius 1 is 1.08 bits per heavy atom. The second kappa shape index (κ2) is 6.97. The predicted octanol–water partition coefficient (Wildman–Crippen LogP) is 5.64. The lowest BCUT2D eigenvalue weighted by atomic mass is 9.99. The van der Waals surface area contributed by atoms with Crippen LogP contribution in [0.5, 0.6) is 0 Å². The van der Waals surface area contributed by atoms with Gasteiger partial charge in [-0.2, -0.15) is 0 Å². The van der Waals surface area contributed by atoms with E-state index in [-0.39, 0.29) is 0 Å². The second-order valence-corrected chi connectivity index (χ2v) is 9.53. The minimum atomic E-state index is 0.461. The molecule has 0 radical (unpaired) electrons. The topological polar surface area (TPSA) is 50.7 Å². The summed E-state index contributed by atoms with van der Waals surface area (Å²) in [6, 6.07) is 0. The molecular formula is C20H26N4S2. The summed E-state index contributed by atoms with van der Waals surface area (Å²) >= 11 is 3.36. The van der Waals surface area contributed by atoms with Gasteiger partial charge in [0.2, 0.25) is 0 Å². The number of aromatic nitrogens is 3. The van der Waals surface area contributed by atoms with Crippen molar-refractivity contribution in [3.05, 3.63) is 16.8 Å². The van der Waals surface area contributed by atoms with E-state index in [2.05, 4.69) is 33.0 Å². The summed E-state index contributed by atoms with van der Waals surface area (Å²) in [6.07, 6.45) is 5.57. The zero-order valence-electron chi connectivity index (χ0n) is 16.1. The number of anilines is 1. The first kappa shape index (κ1) is 18.0. The summed E-state index contributed by atoms with van der Waals surface area (Å²) in [5, 5.41) is 5.67. The molecule has 0 aromatic carbocycles. The Labute approximate surface area is 163 Å². The van der Waals surface area contributed by atoms with Crippen LogP contribution >= 0.6 is 23.1 Å². The van der Waals surface area contributed by atoms with Crippen molar-refractivity contribution in [2.75, 3.05) is 18.1 Å². The van der Waals surface area contributed by atoms with E-state index in [1.54, 1.807) is 23.1 Å². The van der Waals surface area contributed by atoms with Gasteiger partial charge in [0.05, 0.1) is 10.2 Å². The molecule has 3 aromatic rings. The first-order chi connectivity index (χ1) is 12.5. The Morgan fingerprint density at radius 3 is 2.54 bits per heavy atom. The van der Waals surface area contributed by atoms with Gasteiger partial charge in [0, 0.05) is 17.6 Å². The van der Waals surface area contributed by atoms with Crippen LogP contribution in [-0.4, -0.2) is 27.8 Å². The van der Waals surface area contributed by atoms with Gasteiger partial charge in [0.1, 0.15) is 10.6 Å². The third kappa shape index (κ3) is 2.97. The van der Waals surface area contributed by atoms with Gasteiger partial charge in [-0.3, -0.25) is 0 Å². The number of hydrogen-bond donors (Lipinski definition) is 1. The monoisotopic (exact) mass is 386 g/mol. The van der Waals surface area contributed by atoms with E-state index in [0.717, 1.165) is 45.4 Å². The lowest BCUT2D eigenvalue weighted by molar-refractivity contribution is 0.686. The van der Waals surface area contributed by atoms with Crippen molar-refractivity contribution < 1.29 is 0 Å². The molecule has 138 valence electrons. The number of nitrogens with one attached hydrogen (secondary N) is 1. The molecule has 0 saturated carbocycles. The minimum absolute atomic E-state index is 0.461. The zero-order chi connectivity index (χ0) is 18.4. The molecule has 0 amide bonds. The summed E-state index contributed by atoms with van der Waals surface area (Å²) in [5.74, 6) is 2.00. The molecule has 3 heterocycles. The van der Waals surface area contributed by atoms with Crippen LogP contribution in [0.3, 0.4) is 0 Å². The largest absolute Gasteiger partial charge is 0.368 e. The maximum atomic E-state index is 5.09. The van der Waals surface area contributed by atoms with Crippen LogP contribution in [0, 0.1) is 5.92 Å². The molecule has 3 aromatic heterocycles. The van der Waals surface area contributed by atoms with Gasteiger partial charge < -0.3 is 5.32 Å². The lowest BCUT2D eigenvalue weighted by Crippen LogP contribution is -2.09. The Kier molecular flexibility index (Phi) is 4.82. The van der Waals surface area contributed by atoms with E-state index in [9.17, 15) is 0 Å². The van der Waals surface area contributed by atoms with Crippen molar-refractivity contribution in [2.45, 2.75) is 58.0 Å². The normalized spacial score (nSPS) is 14.1. The van der Waals surface area contributed by atoms with Crippen LogP contribution in [-0.2, 0) is 12.8 Å². The quantitative estimate of drug-likeness (QED) is 0.454. The third-order valence-corrected chi connectivity index (χ3v) is 6.58. The summed E-state index contributed by atoms with van der Waals surface area (Å²) in [4.78, 5) is 15.9. The number of nitrogens with zero attached hydrogens (tertiary/aromatic N) is 3. The molecule has 4 nitrogen and oxygen atoms in total. The van der Waals surface area contributed by atoms with Gasteiger partial charge in [-0.15, -0.1) is 11.3 Å². The molecule has 0 unspecified atom stereocenters. The molecule has 1 N–H and O–H groups in total. The molecule has 0 atom stereocenters. The number of hydrogen-bond acceptors (Lipinski definition) is 6. The smallest absolute Gasteiger partial charge is 0.189 e. The summed E-state index contributed by atoms with van der Waals surface area (Å²) in [7, 11) is 0. The van der Waals surface area contributed by atoms with Crippen LogP contribution in [0.4, 0.5) is 5.82 Å². The number of rotatable bonds is 5. The zero-order valence-corrected chi connectivity index (χ0v) is 17.8. The number of aryl methyl sites for hydroxylation is 1. The van der Waals surface area contributed by atoms with Crippen LogP contribution in [0.2, 0.25) is 0 Å². The molecule has 4 rings (SSSR count). The van der Waals surface area contributed by atoms with E-state index in [4.69, 9.17) is 15.0 Å². The first-order valence-electron chi connectivity index (χ1n) is 9.43. The van der Waals surface area contributed by atoms with E-state index in [1.165, 1.54) is 28.6 Å². The van der Waals surface area contributed by atoms with Gasteiger partial charge >= 0.3 is 0 Å². The fraction of sp³-hybridized carbons (Fsp3) is 0.550. The van der Waals surface area contributed by atoms with E-state index in [0.29, 0.717) is 11.8 Å². The van der Waals surface area contributed by atoms with Crippen LogP contribution in [0.1, 0.15) is 56.9 Å². The minimum Gasteiger partial charge on any atom is -0.368 e. The Balaban J connectivity index is 2.01. The van der Waals surface area contributed by atoms with Crippen molar-refractivity contribution in [3.63, 3.8) is 0 Å². The molecule has 0 bridgehead atoms. The molecule has 1 aliphatic carbocycles. The fourth-order valence-electron chi connectivity index (χ4n) is 3.76. The van der Waals surface area contributed by atoms with Gasteiger partial charge in [0.15, 0.2) is 5.16 Å². The highest BCUT2D eigenvalue weighted by atomic mass is 32.2. The Hall–Kier alpha value is -1.40. The molecule has 6 heteroatoms. The molecule has 1 aliphatic rings. The highest BCUT2D eigenvalue weighted by Crippen LogP contribution is 2.43. The van der Waals surface area contributed by atoms with Crippen molar-refractivity contribution >= 4 is 49.3 Å². The maximum absolute atomic E-state index is 5.09. The third-order valence-electron chi connectivity index (χ3n) is 4.95. The maximum Gasteiger partial charge on any atom is 0.189 e. The molecule has 0 aliphatic heterocycles. The van der Waals surface area contributed by atoms with Crippen LogP contribution in [0.25, 0.3) is 20.4 Å². The predicted molar refractivity (Wildman–Crippen MR) is 114 cm³/mol. The van der Waals surface area contributed by atoms with Gasteiger partial charge in [0.25, 0.3) is 0 Å². The second-order valence-electron chi connectivity index (χ2n) is 7.76. The number of thiophene rings is 1. The van der Waals surface area contributed by atoms with Gasteiger partial charge in [-0.1, -0.05) is 39.5 Å². The lowest BCUT2D eigenvalue weighted by Gasteiger charge is -2.12. The van der Waals surface area contributed by atoms with E-state index in [1.807, 2.05) is 6.26 Å². The standard InChI is InChI=1S/C20H26N4S2/c1-10(2)9-21-18-17-16(23-20(24-18)25-5)14-12-7-6-8-13(12)15(11(3)4)22-19(14)26-17/h10-11H,6-9H2,1-5H3,(H,21,23,24). The van der Waals surface area contributed by atoms with Crippen LogP contribution < -0.4 is 5.32 Å². The average molecular weight is 387 g/mol. The number of fused-ring (bicyclic) bond motifs is 5. The SMILES string of the molecule is CSc1nc(NCC(C)C)c2sc3nc(C(C)C)c4c(c3c2n1)CCC4. The van der Waals surface area contributed by atoms with Crippen molar-refractivity contribution in [3.8, 4) is 0 Å². The molecule has 0 fully saturated rings. The fourth-order valence-corrected chi connectivity index (χ4v) is 5.25. The van der Waals surface area contributed by atoms with E-state index >= 15 is 0 Å². The van der Waals surface area contributed by atoms with Crippen molar-refractivity contribution in [2.24, 2.45) is 5.92 Å². The summed E-state index contributed by atoms with van der Waals surface area (Å²) in [6.45, 7) is 9.85. The molecule has 0 spiro atoms. The van der Waals surface area contributed by atoms with Gasteiger partial charge in [-0.05, 0) is 48.5 Å². The summed E-state index contributed by atoms with van der Waals surface area (Å²) in [5.41, 5.74) is 5.35. The first-order valence-corrected chi connectivity index (χ1v) is 11.5. The average Bonchev–Trinajstić information content (AvgIpc) is 3.22. The number of pyridine rings is 1. The molecular weight excluding hydrogens is 360 g/mol. The Morgan fingerprint density at radius 2 is 1.85 bits per heavy atom. The molecule has 0 saturated heterocycles. The van der Waals surface area contributed by atoms with E-state index < -0.39 is 0 Å². The highest BCUT2D eigenvalue weighted by Gasteiger charge is 2.25. The summed E-state index contributed by atoms with van der Waals surface area (Å²) < 4.78 is 1.15. The molecule has 26 heavy (non-hydrogen) atoms. The highest BCUT2D eigenvalue weighted by molar-refractivity contribution is 7.98. The van der Waals surface area contributed by atoms with Crippen molar-refractivity contribution in [1.82, 2.24) is 15.0 Å².